The maximum atomic E-state index is 11.6. The Morgan fingerprint density at radius 3 is 2.39 bits per heavy atom. The van der Waals surface area contributed by atoms with Crippen molar-refractivity contribution in [2.24, 2.45) is 5.92 Å². The molecule has 0 spiro atoms. The molecular weight excluding hydrogens is 236 g/mol. The lowest BCUT2D eigenvalue weighted by atomic mass is 9.87. The van der Waals surface area contributed by atoms with Crippen LogP contribution >= 0.6 is 0 Å². The zero-order valence-corrected chi connectivity index (χ0v) is 10.7. The van der Waals surface area contributed by atoms with Gasteiger partial charge in [0.25, 0.3) is 0 Å². The molecule has 1 atom stereocenters. The summed E-state index contributed by atoms with van der Waals surface area (Å²) in [6, 6.07) is -1.36. The first kappa shape index (κ1) is 14.8. The predicted molar refractivity (Wildman–Crippen MR) is 66.2 cm³/mol. The van der Waals surface area contributed by atoms with Crippen LogP contribution in [0.25, 0.3) is 0 Å². The average molecular weight is 258 g/mol. The highest BCUT2D eigenvalue weighted by Crippen LogP contribution is 2.23. The van der Waals surface area contributed by atoms with Crippen molar-refractivity contribution in [3.63, 3.8) is 0 Å². The lowest BCUT2D eigenvalue weighted by molar-refractivity contribution is -0.139. The normalized spacial score (nSPS) is 25.2. The fourth-order valence-electron chi connectivity index (χ4n) is 2.18. The zero-order valence-electron chi connectivity index (χ0n) is 10.7. The number of carboxylic acid groups (broad SMARTS) is 1. The molecule has 1 aliphatic rings. The molecule has 1 fully saturated rings. The minimum Gasteiger partial charge on any atom is -0.480 e. The number of aliphatic hydroxyl groups excluding tert-OH is 1. The monoisotopic (exact) mass is 258 g/mol. The molecular formula is C12H22N2O4. The third-order valence-electron chi connectivity index (χ3n) is 3.37. The standard InChI is InChI=1S/C12H22N2O4/c1-8-2-4-9(5-3-8)13-12(18)14-10(6-7-15)11(16)17/h8-10,15H,2-7H2,1H3,(H,16,17)(H2,13,14,18)/t8?,9?,10-/m1/s1. The molecule has 1 rings (SSSR count). The number of hydrogen-bond acceptors (Lipinski definition) is 3. The minimum absolute atomic E-state index is 0.0183. The van der Waals surface area contributed by atoms with Crippen LogP contribution in [-0.2, 0) is 4.79 Å². The van der Waals surface area contributed by atoms with Crippen LogP contribution < -0.4 is 10.6 Å². The van der Waals surface area contributed by atoms with E-state index in [1.807, 2.05) is 0 Å². The van der Waals surface area contributed by atoms with Gasteiger partial charge in [0, 0.05) is 19.1 Å². The van der Waals surface area contributed by atoms with Gasteiger partial charge in [-0.3, -0.25) is 0 Å². The molecule has 0 heterocycles. The summed E-state index contributed by atoms with van der Waals surface area (Å²) in [7, 11) is 0. The SMILES string of the molecule is CC1CCC(NC(=O)N[C@H](CCO)C(=O)O)CC1. The van der Waals surface area contributed by atoms with Crippen LogP contribution in [0.1, 0.15) is 39.0 Å². The summed E-state index contributed by atoms with van der Waals surface area (Å²) in [5, 5.41) is 22.7. The maximum absolute atomic E-state index is 11.6. The van der Waals surface area contributed by atoms with Gasteiger partial charge in [0.2, 0.25) is 0 Å². The van der Waals surface area contributed by atoms with Crippen molar-refractivity contribution < 1.29 is 19.8 Å². The first-order chi connectivity index (χ1) is 8.52. The van der Waals surface area contributed by atoms with Gasteiger partial charge in [-0.1, -0.05) is 6.92 Å². The molecule has 1 aliphatic carbocycles. The van der Waals surface area contributed by atoms with Gasteiger partial charge < -0.3 is 20.8 Å². The second kappa shape index (κ2) is 7.20. The summed E-state index contributed by atoms with van der Waals surface area (Å²) in [6.07, 6.45) is 4.07. The zero-order chi connectivity index (χ0) is 13.5. The summed E-state index contributed by atoms with van der Waals surface area (Å²) in [4.78, 5) is 22.4. The smallest absolute Gasteiger partial charge is 0.326 e. The van der Waals surface area contributed by atoms with E-state index in [4.69, 9.17) is 10.2 Å². The molecule has 0 bridgehead atoms. The first-order valence-electron chi connectivity index (χ1n) is 6.43. The van der Waals surface area contributed by atoms with Crippen molar-refractivity contribution in [3.8, 4) is 0 Å². The molecule has 2 amide bonds. The number of hydrogen-bond donors (Lipinski definition) is 4. The van der Waals surface area contributed by atoms with Crippen LogP contribution in [0.2, 0.25) is 0 Å². The van der Waals surface area contributed by atoms with Crippen molar-refractivity contribution >= 4 is 12.0 Å². The van der Waals surface area contributed by atoms with Gasteiger partial charge in [-0.25, -0.2) is 9.59 Å². The Bertz CT molecular complexity index is 288. The largest absolute Gasteiger partial charge is 0.480 e. The Morgan fingerprint density at radius 2 is 1.89 bits per heavy atom. The van der Waals surface area contributed by atoms with Crippen LogP contribution in [0.15, 0.2) is 0 Å². The van der Waals surface area contributed by atoms with Gasteiger partial charge >= 0.3 is 12.0 Å². The summed E-state index contributed by atoms with van der Waals surface area (Å²) in [5.74, 6) is -0.427. The highest BCUT2D eigenvalue weighted by Gasteiger charge is 2.23. The molecule has 0 aliphatic heterocycles. The number of aliphatic hydroxyl groups is 1. The summed E-state index contributed by atoms with van der Waals surface area (Å²) in [6.45, 7) is 1.93. The number of carbonyl (C=O) groups is 2. The summed E-state index contributed by atoms with van der Waals surface area (Å²) < 4.78 is 0. The Balaban J connectivity index is 2.33. The van der Waals surface area contributed by atoms with Gasteiger partial charge in [-0.05, 0) is 31.6 Å². The molecule has 0 radical (unpaired) electrons. The van der Waals surface area contributed by atoms with Gasteiger partial charge in [0.05, 0.1) is 0 Å². The predicted octanol–water partition coefficient (Wildman–Crippen LogP) is 0.700. The van der Waals surface area contributed by atoms with Crippen LogP contribution in [0.3, 0.4) is 0 Å². The van der Waals surface area contributed by atoms with E-state index >= 15 is 0 Å². The third-order valence-corrected chi connectivity index (χ3v) is 3.37. The molecule has 0 saturated heterocycles. The molecule has 6 nitrogen and oxygen atoms in total. The molecule has 6 heteroatoms. The highest BCUT2D eigenvalue weighted by atomic mass is 16.4. The number of carboxylic acids is 1. The third kappa shape index (κ3) is 4.91. The number of carbonyl (C=O) groups excluding carboxylic acids is 1. The minimum atomic E-state index is -1.13. The molecule has 4 N–H and O–H groups in total. The van der Waals surface area contributed by atoms with E-state index in [9.17, 15) is 9.59 Å². The second-order valence-electron chi connectivity index (χ2n) is 4.98. The molecule has 0 aromatic rings. The van der Waals surface area contributed by atoms with Crippen molar-refractivity contribution in [1.82, 2.24) is 10.6 Å². The van der Waals surface area contributed by atoms with E-state index in [2.05, 4.69) is 17.6 Å². The number of rotatable bonds is 5. The first-order valence-corrected chi connectivity index (χ1v) is 6.43. The quantitative estimate of drug-likeness (QED) is 0.583. The van der Waals surface area contributed by atoms with Gasteiger partial charge in [-0.2, -0.15) is 0 Å². The van der Waals surface area contributed by atoms with E-state index < -0.39 is 18.0 Å². The second-order valence-corrected chi connectivity index (χ2v) is 4.98. The molecule has 104 valence electrons. The van der Waals surface area contributed by atoms with Gasteiger partial charge in [0.1, 0.15) is 6.04 Å². The van der Waals surface area contributed by atoms with Gasteiger partial charge in [0.15, 0.2) is 0 Å². The van der Waals surface area contributed by atoms with E-state index in [1.165, 1.54) is 0 Å². The lowest BCUT2D eigenvalue weighted by Gasteiger charge is -2.27. The topological polar surface area (TPSA) is 98.7 Å². The van der Waals surface area contributed by atoms with E-state index in [0.717, 1.165) is 25.7 Å². The van der Waals surface area contributed by atoms with E-state index in [-0.39, 0.29) is 19.1 Å². The molecule has 0 aromatic carbocycles. The van der Waals surface area contributed by atoms with Crippen LogP contribution in [-0.4, -0.2) is 40.9 Å². The lowest BCUT2D eigenvalue weighted by Crippen LogP contribution is -2.49. The van der Waals surface area contributed by atoms with Crippen LogP contribution in [0.5, 0.6) is 0 Å². The van der Waals surface area contributed by atoms with Crippen molar-refractivity contribution in [1.29, 1.82) is 0 Å². The van der Waals surface area contributed by atoms with E-state index in [1.54, 1.807) is 0 Å². The fourth-order valence-corrected chi connectivity index (χ4v) is 2.18. The highest BCUT2D eigenvalue weighted by molar-refractivity contribution is 5.82. The fraction of sp³-hybridized carbons (Fsp3) is 0.833. The van der Waals surface area contributed by atoms with Crippen molar-refractivity contribution in [2.45, 2.75) is 51.1 Å². The molecule has 0 unspecified atom stereocenters. The number of amides is 2. The Kier molecular flexibility index (Phi) is 5.91. The molecule has 0 aromatic heterocycles. The van der Waals surface area contributed by atoms with Crippen LogP contribution in [0, 0.1) is 5.92 Å². The average Bonchev–Trinajstić information content (AvgIpc) is 2.31. The summed E-state index contributed by atoms with van der Waals surface area (Å²) in [5.41, 5.74) is 0. The Labute approximate surface area is 107 Å². The Morgan fingerprint density at radius 1 is 1.28 bits per heavy atom. The maximum Gasteiger partial charge on any atom is 0.326 e. The number of aliphatic carboxylic acids is 1. The summed E-state index contributed by atoms with van der Waals surface area (Å²) >= 11 is 0. The Hall–Kier alpha value is -1.30. The molecule has 18 heavy (non-hydrogen) atoms. The van der Waals surface area contributed by atoms with Crippen molar-refractivity contribution in [2.75, 3.05) is 6.61 Å². The van der Waals surface area contributed by atoms with Crippen LogP contribution in [0.4, 0.5) is 4.79 Å². The molecule has 1 saturated carbocycles. The number of urea groups is 1. The number of nitrogens with one attached hydrogen (secondary N) is 2. The van der Waals surface area contributed by atoms with E-state index in [0.29, 0.717) is 5.92 Å². The van der Waals surface area contributed by atoms with Gasteiger partial charge in [-0.15, -0.1) is 0 Å². The van der Waals surface area contributed by atoms with Crippen molar-refractivity contribution in [3.05, 3.63) is 0 Å².